The standard InChI is InChI=1S/C31H34F4N2/c1-6-14-30(5,7-2)22-24(32)26(34)23(27(35)25(22)33)31(8-3,9-4)17-19-16-21-13-12-20-11-10-15-36-28(20)29(21)37-18-19/h10-13,15-16,18H,6-9,14,17H2,1-5H3. The second-order valence-electron chi connectivity index (χ2n) is 10.4. The van der Waals surface area contributed by atoms with Gasteiger partial charge in [-0.1, -0.05) is 59.2 Å². The number of pyridine rings is 2. The molecule has 2 nitrogen and oxygen atoms in total. The molecule has 2 heterocycles. The van der Waals surface area contributed by atoms with Crippen LogP contribution in [0.15, 0.2) is 42.7 Å². The van der Waals surface area contributed by atoms with Crippen LogP contribution in [0.25, 0.3) is 21.8 Å². The van der Waals surface area contributed by atoms with Crippen LogP contribution in [0.3, 0.4) is 0 Å². The Bertz CT molecular complexity index is 1420. The number of fused-ring (bicyclic) bond motifs is 3. The van der Waals surface area contributed by atoms with Crippen molar-refractivity contribution in [3.63, 3.8) is 0 Å². The summed E-state index contributed by atoms with van der Waals surface area (Å²) in [6, 6.07) is 9.62. The maximum absolute atomic E-state index is 15.8. The van der Waals surface area contributed by atoms with Crippen molar-refractivity contribution in [1.82, 2.24) is 9.97 Å². The molecular weight excluding hydrogens is 476 g/mol. The lowest BCUT2D eigenvalue weighted by Crippen LogP contribution is -2.34. The SMILES string of the molecule is CCCC(C)(CC)c1c(F)c(F)c(C(CC)(CC)Cc2cnc3c(ccc4cccnc43)c2)c(F)c1F. The van der Waals surface area contributed by atoms with Crippen LogP contribution in [0, 0.1) is 23.3 Å². The van der Waals surface area contributed by atoms with E-state index >= 15 is 17.6 Å². The van der Waals surface area contributed by atoms with E-state index in [0.29, 0.717) is 32.1 Å². The van der Waals surface area contributed by atoms with Crippen molar-refractivity contribution in [2.45, 2.75) is 84.0 Å². The van der Waals surface area contributed by atoms with E-state index < -0.39 is 45.2 Å². The molecule has 0 fully saturated rings. The first-order valence-corrected chi connectivity index (χ1v) is 13.2. The highest BCUT2D eigenvalue weighted by molar-refractivity contribution is 6.02. The minimum atomic E-state index is -1.28. The van der Waals surface area contributed by atoms with Gasteiger partial charge in [-0.15, -0.1) is 0 Å². The van der Waals surface area contributed by atoms with Gasteiger partial charge in [0.15, 0.2) is 23.3 Å². The van der Waals surface area contributed by atoms with Crippen molar-refractivity contribution in [3.05, 3.63) is 82.7 Å². The first-order chi connectivity index (χ1) is 17.7. The molecule has 0 amide bonds. The van der Waals surface area contributed by atoms with E-state index in [0.717, 1.165) is 27.4 Å². The summed E-state index contributed by atoms with van der Waals surface area (Å²) < 4.78 is 62.8. The monoisotopic (exact) mass is 510 g/mol. The Hall–Kier alpha value is -3.02. The quantitative estimate of drug-likeness (QED) is 0.127. The fourth-order valence-corrected chi connectivity index (χ4v) is 5.87. The fourth-order valence-electron chi connectivity index (χ4n) is 5.87. The lowest BCUT2D eigenvalue weighted by atomic mass is 9.69. The fraction of sp³-hybridized carbons (Fsp3) is 0.419. The first kappa shape index (κ1) is 27.0. The predicted octanol–water partition coefficient (Wildman–Crippen LogP) is 9.11. The molecule has 0 aliphatic rings. The van der Waals surface area contributed by atoms with Gasteiger partial charge in [0.2, 0.25) is 0 Å². The van der Waals surface area contributed by atoms with Crippen molar-refractivity contribution in [2.75, 3.05) is 0 Å². The van der Waals surface area contributed by atoms with Crippen molar-refractivity contribution < 1.29 is 17.6 Å². The summed E-state index contributed by atoms with van der Waals surface area (Å²) in [5.41, 5.74) is -0.898. The van der Waals surface area contributed by atoms with E-state index in [-0.39, 0.29) is 6.42 Å². The summed E-state index contributed by atoms with van der Waals surface area (Å²) in [7, 11) is 0. The van der Waals surface area contributed by atoms with Crippen LogP contribution in [0.4, 0.5) is 17.6 Å². The van der Waals surface area contributed by atoms with Crippen LogP contribution < -0.4 is 0 Å². The number of rotatable bonds is 9. The summed E-state index contributed by atoms with van der Waals surface area (Å²) in [5.74, 6) is -5.10. The van der Waals surface area contributed by atoms with E-state index in [1.54, 1.807) is 40.1 Å². The zero-order valence-electron chi connectivity index (χ0n) is 22.2. The number of hydrogen-bond donors (Lipinski definition) is 0. The molecule has 2 aromatic carbocycles. The number of hydrogen-bond acceptors (Lipinski definition) is 2. The second kappa shape index (κ2) is 10.4. The highest BCUT2D eigenvalue weighted by Gasteiger charge is 2.42. The molecule has 2 aromatic heterocycles. The molecule has 0 bridgehead atoms. The molecule has 0 aliphatic heterocycles. The van der Waals surface area contributed by atoms with Gasteiger partial charge in [-0.05, 0) is 55.2 Å². The third kappa shape index (κ3) is 4.49. The normalized spacial score (nSPS) is 13.9. The van der Waals surface area contributed by atoms with Crippen LogP contribution >= 0.6 is 0 Å². The van der Waals surface area contributed by atoms with Gasteiger partial charge in [0.1, 0.15) is 0 Å². The van der Waals surface area contributed by atoms with Gasteiger partial charge in [-0.2, -0.15) is 0 Å². The maximum Gasteiger partial charge on any atom is 0.166 e. The molecule has 1 unspecified atom stereocenters. The Kier molecular flexibility index (Phi) is 7.59. The van der Waals surface area contributed by atoms with Crippen molar-refractivity contribution >= 4 is 21.8 Å². The van der Waals surface area contributed by atoms with Crippen LogP contribution in [-0.2, 0) is 17.3 Å². The van der Waals surface area contributed by atoms with Crippen LogP contribution in [0.5, 0.6) is 0 Å². The largest absolute Gasteiger partial charge is 0.254 e. The number of nitrogens with zero attached hydrogens (tertiary/aromatic N) is 2. The smallest absolute Gasteiger partial charge is 0.166 e. The van der Waals surface area contributed by atoms with Gasteiger partial charge in [0, 0.05) is 39.7 Å². The third-order valence-electron chi connectivity index (χ3n) is 8.35. The molecule has 4 aromatic rings. The van der Waals surface area contributed by atoms with Gasteiger partial charge >= 0.3 is 0 Å². The molecule has 0 radical (unpaired) electrons. The molecule has 37 heavy (non-hydrogen) atoms. The van der Waals surface area contributed by atoms with E-state index in [1.807, 2.05) is 37.3 Å². The molecule has 1 atom stereocenters. The predicted molar refractivity (Wildman–Crippen MR) is 142 cm³/mol. The van der Waals surface area contributed by atoms with E-state index in [9.17, 15) is 0 Å². The lowest BCUT2D eigenvalue weighted by Gasteiger charge is -2.36. The van der Waals surface area contributed by atoms with E-state index in [2.05, 4.69) is 9.97 Å². The van der Waals surface area contributed by atoms with E-state index in [4.69, 9.17) is 0 Å². The Labute approximate surface area is 216 Å². The van der Waals surface area contributed by atoms with Gasteiger partial charge in [-0.3, -0.25) is 9.97 Å². The average Bonchev–Trinajstić information content (AvgIpc) is 2.91. The Morgan fingerprint density at radius 2 is 1.32 bits per heavy atom. The molecule has 0 aliphatic carbocycles. The number of halogens is 4. The van der Waals surface area contributed by atoms with Crippen molar-refractivity contribution in [1.29, 1.82) is 0 Å². The van der Waals surface area contributed by atoms with Crippen LogP contribution in [0.1, 0.15) is 83.4 Å². The molecular formula is C31H34F4N2. The lowest BCUT2D eigenvalue weighted by molar-refractivity contribution is 0.309. The zero-order chi connectivity index (χ0) is 27.0. The Morgan fingerprint density at radius 1 is 0.730 bits per heavy atom. The molecule has 6 heteroatoms. The molecule has 0 saturated heterocycles. The van der Waals surface area contributed by atoms with E-state index in [1.165, 1.54) is 0 Å². The maximum atomic E-state index is 15.8. The molecule has 0 N–H and O–H groups in total. The van der Waals surface area contributed by atoms with Gasteiger partial charge in [0.05, 0.1) is 11.0 Å². The molecule has 0 spiro atoms. The minimum Gasteiger partial charge on any atom is -0.254 e. The van der Waals surface area contributed by atoms with Gasteiger partial charge < -0.3 is 0 Å². The van der Waals surface area contributed by atoms with Gasteiger partial charge in [-0.25, -0.2) is 17.6 Å². The highest BCUT2D eigenvalue weighted by Crippen LogP contribution is 2.44. The van der Waals surface area contributed by atoms with Crippen LogP contribution in [0.2, 0.25) is 0 Å². The van der Waals surface area contributed by atoms with Crippen molar-refractivity contribution in [2.24, 2.45) is 0 Å². The zero-order valence-corrected chi connectivity index (χ0v) is 22.2. The topological polar surface area (TPSA) is 25.8 Å². The number of aromatic nitrogens is 2. The van der Waals surface area contributed by atoms with Crippen LogP contribution in [-0.4, -0.2) is 9.97 Å². The Morgan fingerprint density at radius 3 is 1.92 bits per heavy atom. The summed E-state index contributed by atoms with van der Waals surface area (Å²) in [4.78, 5) is 9.05. The summed E-state index contributed by atoms with van der Waals surface area (Å²) in [6.07, 6.45) is 5.60. The highest BCUT2D eigenvalue weighted by atomic mass is 19.2. The second-order valence-corrected chi connectivity index (χ2v) is 10.4. The number of benzene rings is 2. The third-order valence-corrected chi connectivity index (χ3v) is 8.35. The average molecular weight is 511 g/mol. The Balaban J connectivity index is 1.86. The molecule has 0 saturated carbocycles. The molecule has 4 rings (SSSR count). The summed E-state index contributed by atoms with van der Waals surface area (Å²) in [6.45, 7) is 8.94. The molecule has 196 valence electrons. The summed E-state index contributed by atoms with van der Waals surface area (Å²) >= 11 is 0. The van der Waals surface area contributed by atoms with Crippen molar-refractivity contribution in [3.8, 4) is 0 Å². The minimum absolute atomic E-state index is 0.190. The first-order valence-electron chi connectivity index (χ1n) is 13.2. The summed E-state index contributed by atoms with van der Waals surface area (Å²) in [5, 5.41) is 1.81. The van der Waals surface area contributed by atoms with Gasteiger partial charge in [0.25, 0.3) is 0 Å².